The molecule has 1 nitrogen and oxygen atoms in total. The molecule has 0 spiro atoms. The molecule has 0 bridgehead atoms. The molecule has 2 rings (SSSR count). The van der Waals surface area contributed by atoms with Crippen LogP contribution in [0.1, 0.15) is 10.1 Å². The van der Waals surface area contributed by atoms with E-state index in [4.69, 9.17) is 0 Å². The van der Waals surface area contributed by atoms with Gasteiger partial charge in [-0.2, -0.15) is 0 Å². The highest BCUT2D eigenvalue weighted by molar-refractivity contribution is 8.19. The number of anilines is 1. The van der Waals surface area contributed by atoms with E-state index in [0.29, 0.717) is 4.58 Å². The van der Waals surface area contributed by atoms with Gasteiger partial charge in [-0.15, -0.1) is 23.5 Å². The molecule has 1 heterocycles. The molecule has 3 heteroatoms. The van der Waals surface area contributed by atoms with Crippen LogP contribution in [-0.2, 0) is 0 Å². The summed E-state index contributed by atoms with van der Waals surface area (Å²) < 4.78 is 0.672. The summed E-state index contributed by atoms with van der Waals surface area (Å²) in [4.78, 5) is 2.14. The zero-order chi connectivity index (χ0) is 9.97. The second-order valence-corrected chi connectivity index (χ2v) is 6.28. The topological polar surface area (TPSA) is 3.24 Å². The van der Waals surface area contributed by atoms with E-state index < -0.39 is 0 Å². The first-order valence-electron chi connectivity index (χ1n) is 4.78. The van der Waals surface area contributed by atoms with Crippen molar-refractivity contribution in [3.63, 3.8) is 0 Å². The molecule has 0 aromatic heterocycles. The molecule has 76 valence electrons. The van der Waals surface area contributed by atoms with Crippen LogP contribution in [0.25, 0.3) is 0 Å². The Hall–Kier alpha value is -0.280. The van der Waals surface area contributed by atoms with Crippen molar-refractivity contribution in [3.8, 4) is 0 Å². The van der Waals surface area contributed by atoms with Gasteiger partial charge in [0.05, 0.1) is 4.58 Å². The number of thioether (sulfide) groups is 2. The Morgan fingerprint density at radius 2 is 1.64 bits per heavy atom. The molecular formula is C11H15NS2. The molecule has 0 radical (unpaired) electrons. The van der Waals surface area contributed by atoms with Crippen LogP contribution < -0.4 is 4.90 Å². The summed E-state index contributed by atoms with van der Waals surface area (Å²) in [5, 5.41) is 0. The first kappa shape index (κ1) is 10.2. The molecule has 1 aromatic rings. The summed E-state index contributed by atoms with van der Waals surface area (Å²) in [6.07, 6.45) is 0. The fourth-order valence-electron chi connectivity index (χ4n) is 1.48. The van der Waals surface area contributed by atoms with Crippen molar-refractivity contribution in [2.75, 3.05) is 30.5 Å². The summed E-state index contributed by atoms with van der Waals surface area (Å²) >= 11 is 4.12. The van der Waals surface area contributed by atoms with Crippen LogP contribution in [-0.4, -0.2) is 25.6 Å². The van der Waals surface area contributed by atoms with E-state index in [9.17, 15) is 0 Å². The van der Waals surface area contributed by atoms with Gasteiger partial charge in [0.15, 0.2) is 0 Å². The number of hydrogen-bond acceptors (Lipinski definition) is 3. The van der Waals surface area contributed by atoms with Gasteiger partial charge in [-0.25, -0.2) is 0 Å². The van der Waals surface area contributed by atoms with Gasteiger partial charge in [-0.3, -0.25) is 0 Å². The van der Waals surface area contributed by atoms with Crippen LogP contribution in [0.4, 0.5) is 5.69 Å². The summed E-state index contributed by atoms with van der Waals surface area (Å²) in [5.41, 5.74) is 2.74. The summed E-state index contributed by atoms with van der Waals surface area (Å²) in [6.45, 7) is 0. The third kappa shape index (κ3) is 2.20. The quantitative estimate of drug-likeness (QED) is 0.761. The van der Waals surface area contributed by atoms with E-state index in [0.717, 1.165) is 0 Å². The maximum Gasteiger partial charge on any atom is 0.0751 e. The van der Waals surface area contributed by atoms with Gasteiger partial charge >= 0.3 is 0 Å². The standard InChI is InChI=1S/C11H15NS2/c1-12(2)10-5-3-9(4-6-10)11-13-7-8-14-11/h3-6,11H,7-8H2,1-2H3. The second kappa shape index (κ2) is 4.49. The number of nitrogens with zero attached hydrogens (tertiary/aromatic N) is 1. The third-order valence-corrected chi connectivity index (χ3v) is 5.41. The summed E-state index contributed by atoms with van der Waals surface area (Å²) in [5.74, 6) is 2.59. The van der Waals surface area contributed by atoms with Gasteiger partial charge in [0.1, 0.15) is 0 Å². The first-order chi connectivity index (χ1) is 6.77. The highest BCUT2D eigenvalue weighted by Crippen LogP contribution is 2.45. The van der Waals surface area contributed by atoms with E-state index in [1.165, 1.54) is 22.8 Å². The van der Waals surface area contributed by atoms with Crippen LogP contribution in [0.3, 0.4) is 0 Å². The van der Waals surface area contributed by atoms with E-state index in [1.807, 2.05) is 0 Å². The average molecular weight is 225 g/mol. The Morgan fingerprint density at radius 3 is 2.14 bits per heavy atom. The molecule has 0 amide bonds. The van der Waals surface area contributed by atoms with E-state index in [1.54, 1.807) is 0 Å². The van der Waals surface area contributed by atoms with Crippen LogP contribution in [0.5, 0.6) is 0 Å². The zero-order valence-electron chi connectivity index (χ0n) is 8.56. The van der Waals surface area contributed by atoms with E-state index >= 15 is 0 Å². The highest BCUT2D eigenvalue weighted by Gasteiger charge is 2.17. The molecule has 1 aromatic carbocycles. The van der Waals surface area contributed by atoms with Gasteiger partial charge in [-0.1, -0.05) is 12.1 Å². The van der Waals surface area contributed by atoms with Crippen molar-refractivity contribution >= 4 is 29.2 Å². The largest absolute Gasteiger partial charge is 0.378 e. The lowest BCUT2D eigenvalue weighted by Crippen LogP contribution is -2.08. The SMILES string of the molecule is CN(C)c1ccc(C2SCCS2)cc1. The minimum absolute atomic E-state index is 0.672. The number of hydrogen-bond donors (Lipinski definition) is 0. The molecule has 0 aliphatic carbocycles. The third-order valence-electron chi connectivity index (χ3n) is 2.30. The van der Waals surface area contributed by atoms with Crippen molar-refractivity contribution in [1.82, 2.24) is 0 Å². The summed E-state index contributed by atoms with van der Waals surface area (Å²) in [7, 11) is 4.15. The summed E-state index contributed by atoms with van der Waals surface area (Å²) in [6, 6.07) is 8.92. The second-order valence-electron chi connectivity index (χ2n) is 3.56. The molecular weight excluding hydrogens is 210 g/mol. The van der Waals surface area contributed by atoms with Crippen molar-refractivity contribution in [1.29, 1.82) is 0 Å². The molecule has 1 saturated heterocycles. The molecule has 0 atom stereocenters. The van der Waals surface area contributed by atoms with Crippen LogP contribution in [0, 0.1) is 0 Å². The molecule has 1 aliphatic heterocycles. The van der Waals surface area contributed by atoms with Gasteiger partial charge in [0.2, 0.25) is 0 Å². The Morgan fingerprint density at radius 1 is 1.07 bits per heavy atom. The van der Waals surface area contributed by atoms with Crippen molar-refractivity contribution in [2.24, 2.45) is 0 Å². The average Bonchev–Trinajstić information content (AvgIpc) is 2.71. The Bertz CT molecular complexity index is 289. The van der Waals surface area contributed by atoms with Gasteiger partial charge in [0, 0.05) is 31.3 Å². The molecule has 14 heavy (non-hydrogen) atoms. The predicted octanol–water partition coefficient (Wildman–Crippen LogP) is 3.23. The number of rotatable bonds is 2. The molecule has 1 fully saturated rings. The molecule has 0 unspecified atom stereocenters. The zero-order valence-corrected chi connectivity index (χ0v) is 10.2. The minimum Gasteiger partial charge on any atom is -0.378 e. The maximum atomic E-state index is 2.26. The van der Waals surface area contributed by atoms with Crippen molar-refractivity contribution in [2.45, 2.75) is 4.58 Å². The normalized spacial score (nSPS) is 17.3. The predicted molar refractivity (Wildman–Crippen MR) is 68.4 cm³/mol. The van der Waals surface area contributed by atoms with Gasteiger partial charge in [-0.05, 0) is 17.7 Å². The monoisotopic (exact) mass is 225 g/mol. The molecule has 0 N–H and O–H groups in total. The van der Waals surface area contributed by atoms with E-state index in [2.05, 4.69) is 66.8 Å². The fourth-order valence-corrected chi connectivity index (χ4v) is 4.34. The Kier molecular flexibility index (Phi) is 3.29. The lowest BCUT2D eigenvalue weighted by molar-refractivity contribution is 1.13. The smallest absolute Gasteiger partial charge is 0.0751 e. The van der Waals surface area contributed by atoms with Gasteiger partial charge < -0.3 is 4.90 Å². The minimum atomic E-state index is 0.672. The Balaban J connectivity index is 2.12. The molecule has 1 aliphatic rings. The Labute approximate surface area is 94.3 Å². The first-order valence-corrected chi connectivity index (χ1v) is 6.87. The van der Waals surface area contributed by atoms with Gasteiger partial charge in [0.25, 0.3) is 0 Å². The fraction of sp³-hybridized carbons (Fsp3) is 0.455. The van der Waals surface area contributed by atoms with Crippen LogP contribution in [0.15, 0.2) is 24.3 Å². The van der Waals surface area contributed by atoms with Crippen LogP contribution >= 0.6 is 23.5 Å². The highest BCUT2D eigenvalue weighted by atomic mass is 32.2. The van der Waals surface area contributed by atoms with Crippen molar-refractivity contribution in [3.05, 3.63) is 29.8 Å². The maximum absolute atomic E-state index is 2.26. The van der Waals surface area contributed by atoms with Crippen molar-refractivity contribution < 1.29 is 0 Å². The lowest BCUT2D eigenvalue weighted by atomic mass is 10.2. The molecule has 0 saturated carbocycles. The van der Waals surface area contributed by atoms with Crippen LogP contribution in [0.2, 0.25) is 0 Å². The lowest BCUT2D eigenvalue weighted by Gasteiger charge is -2.14. The van der Waals surface area contributed by atoms with E-state index in [-0.39, 0.29) is 0 Å². The number of benzene rings is 1.